The Morgan fingerprint density at radius 1 is 1.07 bits per heavy atom. The Morgan fingerprint density at radius 3 is 2.43 bits per heavy atom. The van der Waals surface area contributed by atoms with E-state index in [1.165, 1.54) is 0 Å². The number of nitrogens with one attached hydrogen (secondary N) is 3. The maximum atomic E-state index is 12.6. The summed E-state index contributed by atoms with van der Waals surface area (Å²) in [6.07, 6.45) is 0.729. The van der Waals surface area contributed by atoms with Crippen molar-refractivity contribution in [3.05, 3.63) is 52.5 Å². The molecule has 0 bridgehead atoms. The van der Waals surface area contributed by atoms with Crippen LogP contribution in [-0.2, 0) is 4.74 Å². The molecule has 3 amide bonds. The number of carbonyl (C=O) groups is 2. The molecule has 0 unspecified atom stereocenters. The Labute approximate surface area is 173 Å². The topological polar surface area (TPSA) is 82.7 Å². The highest BCUT2D eigenvalue weighted by Crippen LogP contribution is 2.23. The molecule has 0 aliphatic heterocycles. The van der Waals surface area contributed by atoms with Crippen LogP contribution in [0.5, 0.6) is 0 Å². The average Bonchev–Trinajstić information content (AvgIpc) is 2.64. The predicted molar refractivity (Wildman–Crippen MR) is 116 cm³/mol. The van der Waals surface area contributed by atoms with Crippen LogP contribution in [0.15, 0.2) is 46.9 Å². The number of hydrogen-bond donors (Lipinski definition) is 3. The lowest BCUT2D eigenvalue weighted by Crippen LogP contribution is -2.27. The molecule has 0 aromatic heterocycles. The molecule has 28 heavy (non-hydrogen) atoms. The van der Waals surface area contributed by atoms with Crippen LogP contribution in [0.1, 0.15) is 16.8 Å². The summed E-state index contributed by atoms with van der Waals surface area (Å²) < 4.78 is 5.86. The van der Waals surface area contributed by atoms with E-state index in [4.69, 9.17) is 4.74 Å². The van der Waals surface area contributed by atoms with Crippen LogP contribution in [0.4, 0.5) is 21.9 Å². The van der Waals surface area contributed by atoms with Gasteiger partial charge in [0.2, 0.25) is 0 Å². The molecule has 0 fully saturated rings. The van der Waals surface area contributed by atoms with E-state index in [0.29, 0.717) is 30.1 Å². The van der Waals surface area contributed by atoms with Crippen molar-refractivity contribution < 1.29 is 14.3 Å². The Bertz CT molecular complexity index is 827. The highest BCUT2D eigenvalue weighted by Gasteiger charge is 2.14. The molecule has 3 N–H and O–H groups in total. The minimum Gasteiger partial charge on any atom is -0.385 e. The van der Waals surface area contributed by atoms with Gasteiger partial charge in [-0.3, -0.25) is 4.79 Å². The third kappa shape index (κ3) is 6.54. The molecule has 150 valence electrons. The van der Waals surface area contributed by atoms with E-state index in [1.54, 1.807) is 37.4 Å². The highest BCUT2D eigenvalue weighted by atomic mass is 79.9. The maximum absolute atomic E-state index is 12.6. The van der Waals surface area contributed by atoms with Gasteiger partial charge >= 0.3 is 6.03 Å². The van der Waals surface area contributed by atoms with Crippen LogP contribution < -0.4 is 20.9 Å². The largest absolute Gasteiger partial charge is 0.385 e. The number of urea groups is 1. The second-order valence-corrected chi connectivity index (χ2v) is 7.23. The van der Waals surface area contributed by atoms with E-state index in [1.807, 2.05) is 31.1 Å². The van der Waals surface area contributed by atoms with Crippen LogP contribution in [0.3, 0.4) is 0 Å². The molecule has 0 radical (unpaired) electrons. The predicted octanol–water partition coefficient (Wildman–Crippen LogP) is 3.93. The van der Waals surface area contributed by atoms with Crippen LogP contribution in [0.25, 0.3) is 0 Å². The monoisotopic (exact) mass is 448 g/mol. The van der Waals surface area contributed by atoms with Gasteiger partial charge in [0, 0.05) is 55.9 Å². The summed E-state index contributed by atoms with van der Waals surface area (Å²) in [5.41, 5.74) is 2.44. The van der Waals surface area contributed by atoms with Gasteiger partial charge in [-0.15, -0.1) is 0 Å². The lowest BCUT2D eigenvalue weighted by molar-refractivity contribution is 0.0949. The fourth-order valence-corrected chi connectivity index (χ4v) is 2.96. The number of amides is 3. The molecular weight excluding hydrogens is 424 g/mol. The third-order valence-electron chi connectivity index (χ3n) is 3.87. The number of anilines is 3. The average molecular weight is 449 g/mol. The smallest absolute Gasteiger partial charge is 0.323 e. The van der Waals surface area contributed by atoms with Crippen LogP contribution >= 0.6 is 15.9 Å². The fourth-order valence-electron chi connectivity index (χ4n) is 2.56. The second kappa shape index (κ2) is 10.7. The molecule has 0 aliphatic rings. The molecule has 8 heteroatoms. The summed E-state index contributed by atoms with van der Waals surface area (Å²) in [7, 11) is 5.36. The molecule has 0 saturated carbocycles. The van der Waals surface area contributed by atoms with E-state index in [9.17, 15) is 9.59 Å². The molecule has 0 spiro atoms. The number of ether oxygens (including phenoxy) is 1. The Morgan fingerprint density at radius 2 is 1.79 bits per heavy atom. The number of halogens is 1. The summed E-state index contributed by atoms with van der Waals surface area (Å²) in [5, 5.41) is 8.40. The number of nitrogens with zero attached hydrogens (tertiary/aromatic N) is 1. The number of carbonyl (C=O) groups excluding carboxylic acids is 2. The number of rotatable bonds is 8. The van der Waals surface area contributed by atoms with Crippen molar-refractivity contribution in [1.29, 1.82) is 0 Å². The van der Waals surface area contributed by atoms with Crippen LogP contribution in [0.2, 0.25) is 0 Å². The Hall–Kier alpha value is -2.58. The number of methoxy groups -OCH3 is 1. The first-order valence-corrected chi connectivity index (χ1v) is 9.62. The molecule has 7 nitrogen and oxygen atoms in total. The van der Waals surface area contributed by atoms with Crippen molar-refractivity contribution >= 4 is 44.9 Å². The minimum absolute atomic E-state index is 0.198. The van der Waals surface area contributed by atoms with Crippen molar-refractivity contribution in [2.24, 2.45) is 0 Å². The number of hydrogen-bond acceptors (Lipinski definition) is 4. The molecular formula is C20H25BrN4O3. The van der Waals surface area contributed by atoms with Crippen molar-refractivity contribution in [3.8, 4) is 0 Å². The van der Waals surface area contributed by atoms with Gasteiger partial charge in [0.25, 0.3) is 5.91 Å². The zero-order chi connectivity index (χ0) is 20.5. The lowest BCUT2D eigenvalue weighted by atomic mass is 10.1. The molecule has 2 aromatic rings. The normalized spacial score (nSPS) is 10.3. The van der Waals surface area contributed by atoms with Gasteiger partial charge < -0.3 is 25.6 Å². The SMILES string of the molecule is COCCCNC(=O)c1cc(NC(=O)Nc2cccc(Br)c2)ccc1N(C)C. The molecule has 0 aliphatic carbocycles. The van der Waals surface area contributed by atoms with Gasteiger partial charge in [-0.25, -0.2) is 4.79 Å². The van der Waals surface area contributed by atoms with Crippen molar-refractivity contribution in [1.82, 2.24) is 5.32 Å². The van der Waals surface area contributed by atoms with E-state index in [0.717, 1.165) is 16.6 Å². The summed E-state index contributed by atoms with van der Waals surface area (Å²) in [4.78, 5) is 26.7. The van der Waals surface area contributed by atoms with Crippen LogP contribution in [-0.4, -0.2) is 46.3 Å². The molecule has 0 atom stereocenters. The van der Waals surface area contributed by atoms with E-state index < -0.39 is 0 Å². The quantitative estimate of drug-likeness (QED) is 0.534. The number of benzene rings is 2. The van der Waals surface area contributed by atoms with Crippen molar-refractivity contribution in [2.45, 2.75) is 6.42 Å². The van der Waals surface area contributed by atoms with Gasteiger partial charge in [-0.1, -0.05) is 22.0 Å². The zero-order valence-corrected chi connectivity index (χ0v) is 17.8. The fraction of sp³-hybridized carbons (Fsp3) is 0.300. The Kier molecular flexibility index (Phi) is 8.28. The van der Waals surface area contributed by atoms with Crippen molar-refractivity contribution in [2.75, 3.05) is 49.9 Å². The van der Waals surface area contributed by atoms with E-state index in [2.05, 4.69) is 31.9 Å². The minimum atomic E-state index is -0.387. The Balaban J connectivity index is 2.10. The van der Waals surface area contributed by atoms with Crippen molar-refractivity contribution in [3.63, 3.8) is 0 Å². The maximum Gasteiger partial charge on any atom is 0.323 e. The first kappa shape index (κ1) is 21.7. The summed E-state index contributed by atoms with van der Waals surface area (Å²) in [5.74, 6) is -0.198. The van der Waals surface area contributed by atoms with Gasteiger partial charge in [-0.05, 0) is 42.8 Å². The third-order valence-corrected chi connectivity index (χ3v) is 4.37. The van der Waals surface area contributed by atoms with Gasteiger partial charge in [0.1, 0.15) is 0 Å². The molecule has 0 saturated heterocycles. The molecule has 0 heterocycles. The van der Waals surface area contributed by atoms with Gasteiger partial charge in [0.05, 0.1) is 5.56 Å². The summed E-state index contributed by atoms with van der Waals surface area (Å²) in [6.45, 7) is 1.10. The molecule has 2 rings (SSSR count). The van der Waals surface area contributed by atoms with E-state index >= 15 is 0 Å². The highest BCUT2D eigenvalue weighted by molar-refractivity contribution is 9.10. The zero-order valence-electron chi connectivity index (χ0n) is 16.2. The summed E-state index contributed by atoms with van der Waals surface area (Å²) >= 11 is 3.37. The first-order chi connectivity index (χ1) is 13.4. The standard InChI is InChI=1S/C20H25BrN4O3/c1-25(2)18-9-8-16(13-17(18)19(26)22-10-5-11-28-3)24-20(27)23-15-7-4-6-14(21)12-15/h4,6-9,12-13H,5,10-11H2,1-3H3,(H,22,26)(H2,23,24,27). The molecule has 2 aromatic carbocycles. The summed E-state index contributed by atoms with van der Waals surface area (Å²) in [6, 6.07) is 12.1. The van der Waals surface area contributed by atoms with Crippen LogP contribution in [0, 0.1) is 0 Å². The van der Waals surface area contributed by atoms with E-state index in [-0.39, 0.29) is 11.9 Å². The lowest BCUT2D eigenvalue weighted by Gasteiger charge is -2.18. The first-order valence-electron chi connectivity index (χ1n) is 8.83. The van der Waals surface area contributed by atoms with Gasteiger partial charge in [0.15, 0.2) is 0 Å². The van der Waals surface area contributed by atoms with Gasteiger partial charge in [-0.2, -0.15) is 0 Å². The second-order valence-electron chi connectivity index (χ2n) is 6.32.